The predicted octanol–water partition coefficient (Wildman–Crippen LogP) is 2.06. The summed E-state index contributed by atoms with van der Waals surface area (Å²) in [6.07, 6.45) is 2.68. The number of piperazine rings is 1. The number of hydrogen-bond acceptors (Lipinski definition) is 4. The first-order chi connectivity index (χ1) is 9.81. The SMILES string of the molecule is COc1cc(OC)cc([C@H](C2CC2)N2CCNCC2)c1. The molecule has 1 N–H and O–H groups in total. The number of rotatable bonds is 5. The first kappa shape index (κ1) is 13.7. The van der Waals surface area contributed by atoms with E-state index in [1.807, 2.05) is 6.07 Å². The number of ether oxygens (including phenoxy) is 2. The van der Waals surface area contributed by atoms with Crippen LogP contribution in [0.25, 0.3) is 0 Å². The zero-order valence-electron chi connectivity index (χ0n) is 12.4. The van der Waals surface area contributed by atoms with Crippen LogP contribution >= 0.6 is 0 Å². The average molecular weight is 276 g/mol. The second-order valence-electron chi connectivity index (χ2n) is 5.71. The molecule has 1 aliphatic carbocycles. The molecule has 0 radical (unpaired) electrons. The van der Waals surface area contributed by atoms with Crippen molar-refractivity contribution in [3.05, 3.63) is 23.8 Å². The van der Waals surface area contributed by atoms with Crippen molar-refractivity contribution in [2.45, 2.75) is 18.9 Å². The summed E-state index contributed by atoms with van der Waals surface area (Å²) in [6.45, 7) is 4.43. The molecule has 1 heterocycles. The predicted molar refractivity (Wildman–Crippen MR) is 79.5 cm³/mol. The van der Waals surface area contributed by atoms with Gasteiger partial charge in [0.25, 0.3) is 0 Å². The average Bonchev–Trinajstić information content (AvgIpc) is 3.33. The van der Waals surface area contributed by atoms with Crippen LogP contribution in [-0.2, 0) is 0 Å². The molecule has 1 aromatic carbocycles. The third-order valence-corrected chi connectivity index (χ3v) is 4.33. The monoisotopic (exact) mass is 276 g/mol. The minimum Gasteiger partial charge on any atom is -0.497 e. The maximum atomic E-state index is 5.42. The number of nitrogens with zero attached hydrogens (tertiary/aromatic N) is 1. The van der Waals surface area contributed by atoms with Gasteiger partial charge in [0.05, 0.1) is 14.2 Å². The van der Waals surface area contributed by atoms with E-state index in [0.29, 0.717) is 6.04 Å². The molecule has 3 rings (SSSR count). The maximum Gasteiger partial charge on any atom is 0.122 e. The van der Waals surface area contributed by atoms with Gasteiger partial charge in [0.2, 0.25) is 0 Å². The van der Waals surface area contributed by atoms with Gasteiger partial charge in [-0.2, -0.15) is 0 Å². The molecule has 1 atom stereocenters. The van der Waals surface area contributed by atoms with Crippen molar-refractivity contribution in [3.63, 3.8) is 0 Å². The van der Waals surface area contributed by atoms with E-state index in [4.69, 9.17) is 9.47 Å². The van der Waals surface area contributed by atoms with E-state index in [1.165, 1.54) is 18.4 Å². The normalized spacial score (nSPS) is 21.5. The first-order valence-electron chi connectivity index (χ1n) is 7.49. The molecule has 4 heteroatoms. The second-order valence-corrected chi connectivity index (χ2v) is 5.71. The van der Waals surface area contributed by atoms with E-state index >= 15 is 0 Å². The van der Waals surface area contributed by atoms with E-state index < -0.39 is 0 Å². The van der Waals surface area contributed by atoms with E-state index in [-0.39, 0.29) is 0 Å². The van der Waals surface area contributed by atoms with Gasteiger partial charge < -0.3 is 14.8 Å². The van der Waals surface area contributed by atoms with Crippen LogP contribution in [0.4, 0.5) is 0 Å². The summed E-state index contributed by atoms with van der Waals surface area (Å²) in [4.78, 5) is 2.61. The van der Waals surface area contributed by atoms with Crippen molar-refractivity contribution >= 4 is 0 Å². The van der Waals surface area contributed by atoms with Crippen LogP contribution in [0.5, 0.6) is 11.5 Å². The van der Waals surface area contributed by atoms with Gasteiger partial charge in [-0.15, -0.1) is 0 Å². The van der Waals surface area contributed by atoms with Gasteiger partial charge >= 0.3 is 0 Å². The van der Waals surface area contributed by atoms with Crippen LogP contribution in [-0.4, -0.2) is 45.3 Å². The van der Waals surface area contributed by atoms with Crippen LogP contribution < -0.4 is 14.8 Å². The Labute approximate surface area is 121 Å². The summed E-state index contributed by atoms with van der Waals surface area (Å²) < 4.78 is 10.8. The molecule has 20 heavy (non-hydrogen) atoms. The van der Waals surface area contributed by atoms with Crippen LogP contribution in [0.3, 0.4) is 0 Å². The Morgan fingerprint density at radius 1 is 1.05 bits per heavy atom. The second kappa shape index (κ2) is 6.02. The molecule has 1 aliphatic heterocycles. The Morgan fingerprint density at radius 3 is 2.15 bits per heavy atom. The number of benzene rings is 1. The van der Waals surface area contributed by atoms with Gasteiger partial charge in [0, 0.05) is 38.3 Å². The Morgan fingerprint density at radius 2 is 1.65 bits per heavy atom. The van der Waals surface area contributed by atoms with Crippen LogP contribution in [0.15, 0.2) is 18.2 Å². The van der Waals surface area contributed by atoms with E-state index in [0.717, 1.165) is 43.6 Å². The van der Waals surface area contributed by atoms with Gasteiger partial charge in [0.1, 0.15) is 11.5 Å². The van der Waals surface area contributed by atoms with Crippen LogP contribution in [0, 0.1) is 5.92 Å². The van der Waals surface area contributed by atoms with Crippen LogP contribution in [0.1, 0.15) is 24.4 Å². The molecular formula is C16H24N2O2. The molecule has 1 saturated carbocycles. The summed E-state index contributed by atoms with van der Waals surface area (Å²) in [6, 6.07) is 6.81. The molecule has 110 valence electrons. The van der Waals surface area contributed by atoms with Crippen molar-refractivity contribution in [2.24, 2.45) is 5.92 Å². The van der Waals surface area contributed by atoms with E-state index in [1.54, 1.807) is 14.2 Å². The fraction of sp³-hybridized carbons (Fsp3) is 0.625. The lowest BCUT2D eigenvalue weighted by Crippen LogP contribution is -2.45. The van der Waals surface area contributed by atoms with Crippen molar-refractivity contribution < 1.29 is 9.47 Å². The van der Waals surface area contributed by atoms with Crippen molar-refractivity contribution in [1.82, 2.24) is 10.2 Å². The first-order valence-corrected chi connectivity index (χ1v) is 7.49. The van der Waals surface area contributed by atoms with Gasteiger partial charge in [0.15, 0.2) is 0 Å². The fourth-order valence-corrected chi connectivity index (χ4v) is 3.15. The zero-order valence-corrected chi connectivity index (χ0v) is 12.4. The fourth-order valence-electron chi connectivity index (χ4n) is 3.15. The molecule has 0 spiro atoms. The number of methoxy groups -OCH3 is 2. The number of hydrogen-bond donors (Lipinski definition) is 1. The topological polar surface area (TPSA) is 33.7 Å². The highest BCUT2D eigenvalue weighted by Crippen LogP contribution is 2.46. The Kier molecular flexibility index (Phi) is 4.13. The van der Waals surface area contributed by atoms with Gasteiger partial charge in [-0.05, 0) is 36.5 Å². The van der Waals surface area contributed by atoms with E-state index in [9.17, 15) is 0 Å². The maximum absolute atomic E-state index is 5.42. The molecule has 4 nitrogen and oxygen atoms in total. The smallest absolute Gasteiger partial charge is 0.122 e. The summed E-state index contributed by atoms with van der Waals surface area (Å²) >= 11 is 0. The lowest BCUT2D eigenvalue weighted by Gasteiger charge is -2.35. The Balaban J connectivity index is 1.89. The molecule has 0 aromatic heterocycles. The molecular weight excluding hydrogens is 252 g/mol. The zero-order chi connectivity index (χ0) is 13.9. The molecule has 1 saturated heterocycles. The third-order valence-electron chi connectivity index (χ3n) is 4.33. The lowest BCUT2D eigenvalue weighted by atomic mass is 9.99. The summed E-state index contributed by atoms with van der Waals surface area (Å²) in [5, 5.41) is 3.43. The molecule has 0 unspecified atom stereocenters. The largest absolute Gasteiger partial charge is 0.497 e. The van der Waals surface area contributed by atoms with Crippen molar-refractivity contribution in [2.75, 3.05) is 40.4 Å². The van der Waals surface area contributed by atoms with Crippen molar-refractivity contribution in [1.29, 1.82) is 0 Å². The summed E-state index contributed by atoms with van der Waals surface area (Å²) in [7, 11) is 3.44. The molecule has 2 fully saturated rings. The molecule has 1 aromatic rings. The highest BCUT2D eigenvalue weighted by molar-refractivity contribution is 5.40. The summed E-state index contributed by atoms with van der Waals surface area (Å²) in [5.74, 6) is 2.57. The quantitative estimate of drug-likeness (QED) is 0.892. The van der Waals surface area contributed by atoms with Gasteiger partial charge in [-0.1, -0.05) is 0 Å². The highest BCUT2D eigenvalue weighted by Gasteiger charge is 2.37. The van der Waals surface area contributed by atoms with Crippen LogP contribution in [0.2, 0.25) is 0 Å². The van der Waals surface area contributed by atoms with Gasteiger partial charge in [-0.25, -0.2) is 0 Å². The minimum atomic E-state index is 0.515. The van der Waals surface area contributed by atoms with E-state index in [2.05, 4.69) is 22.3 Å². The minimum absolute atomic E-state index is 0.515. The van der Waals surface area contributed by atoms with Gasteiger partial charge in [-0.3, -0.25) is 4.90 Å². The Bertz CT molecular complexity index is 432. The molecule has 2 aliphatic rings. The highest BCUT2D eigenvalue weighted by atomic mass is 16.5. The standard InChI is InChI=1S/C16H24N2O2/c1-19-14-9-13(10-15(11-14)20-2)16(12-3-4-12)18-7-5-17-6-8-18/h9-12,16-17H,3-8H2,1-2H3/t16-/m0/s1. The molecule has 0 amide bonds. The molecule has 0 bridgehead atoms. The third kappa shape index (κ3) is 2.91. The number of nitrogens with one attached hydrogen (secondary N) is 1. The Hall–Kier alpha value is -1.26. The lowest BCUT2D eigenvalue weighted by molar-refractivity contribution is 0.155. The van der Waals surface area contributed by atoms with Crippen molar-refractivity contribution in [3.8, 4) is 11.5 Å². The summed E-state index contributed by atoms with van der Waals surface area (Å²) in [5.41, 5.74) is 1.34.